The Labute approximate surface area is 317 Å². The maximum atomic E-state index is 2.44. The molecule has 256 valence electrons. The van der Waals surface area contributed by atoms with Crippen molar-refractivity contribution in [1.82, 2.24) is 0 Å². The van der Waals surface area contributed by atoms with Crippen molar-refractivity contribution in [2.24, 2.45) is 0 Å². The second-order valence-electron chi connectivity index (χ2n) is 15.0. The molecule has 1 heteroatoms. The quantitative estimate of drug-likeness (QED) is 0.168. The Kier molecular flexibility index (Phi) is 7.56. The summed E-state index contributed by atoms with van der Waals surface area (Å²) in [5.74, 6) is 0. The molecule has 1 aliphatic carbocycles. The minimum atomic E-state index is -0.184. The number of fused-ring (bicyclic) bond motifs is 5. The SMILES string of the molecule is CC1(C)c2cc(-c3ccc4ccccc4c3)ccc2-c2ccc(N(c3ccc(-c4cccc5ccccc45)cc3)c3ccccc3-c3ccccc3)cc21. The van der Waals surface area contributed by atoms with Crippen molar-refractivity contribution >= 4 is 38.6 Å². The Hall–Kier alpha value is -6.70. The van der Waals surface area contributed by atoms with Crippen LogP contribution in [0.15, 0.2) is 200 Å². The molecule has 0 radical (unpaired) electrons. The van der Waals surface area contributed by atoms with E-state index in [9.17, 15) is 0 Å². The van der Waals surface area contributed by atoms with Crippen molar-refractivity contribution in [3.05, 3.63) is 211 Å². The summed E-state index contributed by atoms with van der Waals surface area (Å²) >= 11 is 0. The fourth-order valence-electron chi connectivity index (χ4n) is 8.64. The number of anilines is 3. The van der Waals surface area contributed by atoms with E-state index in [-0.39, 0.29) is 5.41 Å². The fourth-order valence-corrected chi connectivity index (χ4v) is 8.64. The first-order valence-corrected chi connectivity index (χ1v) is 18.8. The summed E-state index contributed by atoms with van der Waals surface area (Å²) in [7, 11) is 0. The van der Waals surface area contributed by atoms with Crippen molar-refractivity contribution < 1.29 is 0 Å². The van der Waals surface area contributed by atoms with Gasteiger partial charge in [0.1, 0.15) is 0 Å². The van der Waals surface area contributed by atoms with Crippen LogP contribution >= 0.6 is 0 Å². The van der Waals surface area contributed by atoms with Crippen LogP contribution in [-0.2, 0) is 5.41 Å². The van der Waals surface area contributed by atoms with Crippen LogP contribution < -0.4 is 4.90 Å². The number of hydrogen-bond acceptors (Lipinski definition) is 1. The molecule has 10 rings (SSSR count). The molecule has 0 N–H and O–H groups in total. The molecule has 1 nitrogen and oxygen atoms in total. The van der Waals surface area contributed by atoms with Gasteiger partial charge in [-0.25, -0.2) is 0 Å². The first-order chi connectivity index (χ1) is 26.5. The molecule has 54 heavy (non-hydrogen) atoms. The van der Waals surface area contributed by atoms with Crippen molar-refractivity contribution in [3.8, 4) is 44.5 Å². The molecule has 0 atom stereocenters. The average Bonchev–Trinajstić information content (AvgIpc) is 3.46. The second kappa shape index (κ2) is 12.8. The molecule has 0 aliphatic heterocycles. The monoisotopic (exact) mass is 689 g/mol. The van der Waals surface area contributed by atoms with E-state index in [0.29, 0.717) is 0 Å². The van der Waals surface area contributed by atoms with E-state index < -0.39 is 0 Å². The molecule has 0 saturated heterocycles. The standard InChI is InChI=1S/C53H39N/c1-53(2)50-34-42(41-24-23-36-13-6-7-17-40(36)33-41)27-31-48(50)49-32-30-44(35-51(49)53)54(52-22-11-10-20-47(52)38-14-4-3-5-15-38)43-28-25-39(26-29-43)46-21-12-18-37-16-8-9-19-45(37)46/h3-35H,1-2H3. The van der Waals surface area contributed by atoms with Crippen LogP contribution in [0.2, 0.25) is 0 Å². The molecule has 1 aliphatic rings. The normalized spacial score (nSPS) is 12.8. The van der Waals surface area contributed by atoms with Gasteiger partial charge in [-0.1, -0.05) is 172 Å². The van der Waals surface area contributed by atoms with Crippen molar-refractivity contribution in [1.29, 1.82) is 0 Å². The summed E-state index contributed by atoms with van der Waals surface area (Å²) in [4.78, 5) is 2.44. The van der Waals surface area contributed by atoms with E-state index in [1.54, 1.807) is 0 Å². The van der Waals surface area contributed by atoms with E-state index in [1.165, 1.54) is 77.2 Å². The lowest BCUT2D eigenvalue weighted by atomic mass is 9.81. The second-order valence-corrected chi connectivity index (χ2v) is 15.0. The topological polar surface area (TPSA) is 3.24 Å². The van der Waals surface area contributed by atoms with Gasteiger partial charge in [-0.2, -0.15) is 0 Å². The predicted octanol–water partition coefficient (Wildman–Crippen LogP) is 14.8. The van der Waals surface area contributed by atoms with Crippen molar-refractivity contribution in [2.75, 3.05) is 4.90 Å². The maximum Gasteiger partial charge on any atom is 0.0540 e. The number of nitrogens with zero attached hydrogens (tertiary/aromatic N) is 1. The summed E-state index contributed by atoms with van der Waals surface area (Å²) < 4.78 is 0. The van der Waals surface area contributed by atoms with Gasteiger partial charge in [-0.3, -0.25) is 0 Å². The molecule has 9 aromatic rings. The predicted molar refractivity (Wildman–Crippen MR) is 230 cm³/mol. The van der Waals surface area contributed by atoms with Crippen molar-refractivity contribution in [3.63, 3.8) is 0 Å². The van der Waals surface area contributed by atoms with Crippen LogP contribution in [0.1, 0.15) is 25.0 Å². The zero-order valence-corrected chi connectivity index (χ0v) is 30.5. The third-order valence-corrected chi connectivity index (χ3v) is 11.5. The van der Waals surface area contributed by atoms with Crippen LogP contribution in [0, 0.1) is 0 Å². The molecule has 0 heterocycles. The lowest BCUT2D eigenvalue weighted by Gasteiger charge is -2.30. The Bertz CT molecular complexity index is 2840. The van der Waals surface area contributed by atoms with E-state index in [1.807, 2.05) is 0 Å². The zero-order chi connectivity index (χ0) is 36.2. The molecule has 0 aromatic heterocycles. The van der Waals surface area contributed by atoms with Gasteiger partial charge in [0.2, 0.25) is 0 Å². The molecule has 9 aromatic carbocycles. The Balaban J connectivity index is 1.09. The minimum absolute atomic E-state index is 0.184. The first kappa shape index (κ1) is 32.0. The molecule has 0 fully saturated rings. The summed E-state index contributed by atoms with van der Waals surface area (Å²) in [6.07, 6.45) is 0. The van der Waals surface area contributed by atoms with Gasteiger partial charge in [0.25, 0.3) is 0 Å². The lowest BCUT2D eigenvalue weighted by Crippen LogP contribution is -2.17. The highest BCUT2D eigenvalue weighted by Gasteiger charge is 2.36. The highest BCUT2D eigenvalue weighted by molar-refractivity contribution is 5.98. The molecule has 0 unspecified atom stereocenters. The summed E-state index contributed by atoms with van der Waals surface area (Å²) in [5.41, 5.74) is 15.9. The summed E-state index contributed by atoms with van der Waals surface area (Å²) in [6.45, 7) is 4.76. The Morgan fingerprint density at radius 1 is 0.333 bits per heavy atom. The van der Waals surface area contributed by atoms with Gasteiger partial charge in [-0.05, 0) is 114 Å². The van der Waals surface area contributed by atoms with Crippen LogP contribution in [0.25, 0.3) is 66.1 Å². The van der Waals surface area contributed by atoms with Crippen LogP contribution in [-0.4, -0.2) is 0 Å². The highest BCUT2D eigenvalue weighted by atomic mass is 15.1. The Morgan fingerprint density at radius 3 is 1.72 bits per heavy atom. The largest absolute Gasteiger partial charge is 0.310 e. The van der Waals surface area contributed by atoms with E-state index >= 15 is 0 Å². The van der Waals surface area contributed by atoms with E-state index in [2.05, 4.69) is 219 Å². The number of hydrogen-bond donors (Lipinski definition) is 0. The van der Waals surface area contributed by atoms with E-state index in [4.69, 9.17) is 0 Å². The van der Waals surface area contributed by atoms with Crippen LogP contribution in [0.5, 0.6) is 0 Å². The summed E-state index contributed by atoms with van der Waals surface area (Å²) in [5, 5.41) is 5.06. The van der Waals surface area contributed by atoms with Crippen LogP contribution in [0.3, 0.4) is 0 Å². The van der Waals surface area contributed by atoms with Crippen molar-refractivity contribution in [2.45, 2.75) is 19.3 Å². The highest BCUT2D eigenvalue weighted by Crippen LogP contribution is 2.52. The Morgan fingerprint density at radius 2 is 0.889 bits per heavy atom. The molecule has 0 spiro atoms. The van der Waals surface area contributed by atoms with Gasteiger partial charge in [0.05, 0.1) is 5.69 Å². The number of benzene rings is 9. The van der Waals surface area contributed by atoms with Gasteiger partial charge in [-0.15, -0.1) is 0 Å². The maximum absolute atomic E-state index is 2.44. The molecule has 0 amide bonds. The number of rotatable bonds is 6. The average molecular weight is 690 g/mol. The van der Waals surface area contributed by atoms with Gasteiger partial charge >= 0.3 is 0 Å². The summed E-state index contributed by atoms with van der Waals surface area (Å²) in [6, 6.07) is 73.4. The van der Waals surface area contributed by atoms with Gasteiger partial charge in [0.15, 0.2) is 0 Å². The third kappa shape index (κ3) is 5.32. The number of para-hydroxylation sites is 1. The van der Waals surface area contributed by atoms with Gasteiger partial charge < -0.3 is 4.90 Å². The third-order valence-electron chi connectivity index (χ3n) is 11.5. The zero-order valence-electron chi connectivity index (χ0n) is 30.5. The van der Waals surface area contributed by atoms with Crippen LogP contribution in [0.4, 0.5) is 17.1 Å². The first-order valence-electron chi connectivity index (χ1n) is 18.8. The smallest absolute Gasteiger partial charge is 0.0540 e. The molecular weight excluding hydrogens is 651 g/mol. The minimum Gasteiger partial charge on any atom is -0.310 e. The van der Waals surface area contributed by atoms with Gasteiger partial charge in [0, 0.05) is 22.4 Å². The molecule has 0 saturated carbocycles. The molecular formula is C53H39N. The fraction of sp³-hybridized carbons (Fsp3) is 0.0566. The van der Waals surface area contributed by atoms with E-state index in [0.717, 1.165) is 17.1 Å². The molecule has 0 bridgehead atoms. The lowest BCUT2D eigenvalue weighted by molar-refractivity contribution is 0.660.